The van der Waals surface area contributed by atoms with Crippen molar-refractivity contribution in [2.45, 2.75) is 26.7 Å². The van der Waals surface area contributed by atoms with E-state index in [9.17, 15) is 9.59 Å². The Morgan fingerprint density at radius 3 is 2.60 bits per heavy atom. The first-order chi connectivity index (χ1) is 9.51. The van der Waals surface area contributed by atoms with Gasteiger partial charge in [0.05, 0.1) is 6.54 Å². The number of halogens is 1. The minimum atomic E-state index is -0.200. The average molecular weight is 298 g/mol. The van der Waals surface area contributed by atoms with Crippen LogP contribution in [0.4, 0.5) is 0 Å². The van der Waals surface area contributed by atoms with Crippen LogP contribution >= 0.6 is 11.6 Å². The van der Waals surface area contributed by atoms with Gasteiger partial charge in [0.15, 0.2) is 0 Å². The number of aromatic nitrogens is 1. The zero-order valence-corrected chi connectivity index (χ0v) is 12.8. The third-order valence-electron chi connectivity index (χ3n) is 2.85. The second-order valence-electron chi connectivity index (χ2n) is 4.42. The van der Waals surface area contributed by atoms with Gasteiger partial charge in [-0.25, -0.2) is 4.98 Å². The van der Waals surface area contributed by atoms with Crippen LogP contribution in [0, 0.1) is 0 Å². The summed E-state index contributed by atoms with van der Waals surface area (Å²) in [5.41, 5.74) is 1.23. The number of hydrogen-bond acceptors (Lipinski definition) is 3. The molecule has 1 rings (SSSR count). The number of nitrogens with one attached hydrogen (secondary N) is 1. The molecule has 0 aromatic carbocycles. The number of carbonyl (C=O) groups is 2. The highest BCUT2D eigenvalue weighted by molar-refractivity contribution is 6.29. The van der Waals surface area contributed by atoms with E-state index in [0.29, 0.717) is 23.7 Å². The third kappa shape index (κ3) is 4.49. The maximum atomic E-state index is 12.5. The number of nitrogens with zero attached hydrogens (tertiary/aromatic N) is 2. The standard InChI is InChI=1S/C14H20ClN3O2/c1-4-6-18(9-13(19)16-3)14(20)10-7-11(5-2)17-12(15)8-10/h7-8H,4-6,9H2,1-3H3,(H,16,19). The van der Waals surface area contributed by atoms with Crippen molar-refractivity contribution in [1.29, 1.82) is 0 Å². The lowest BCUT2D eigenvalue weighted by Gasteiger charge is -2.21. The molecule has 1 aromatic rings. The lowest BCUT2D eigenvalue weighted by Crippen LogP contribution is -2.40. The molecule has 5 nitrogen and oxygen atoms in total. The van der Waals surface area contributed by atoms with Crippen LogP contribution in [0.3, 0.4) is 0 Å². The molecule has 0 aliphatic rings. The van der Waals surface area contributed by atoms with E-state index in [4.69, 9.17) is 11.6 Å². The predicted molar refractivity (Wildman–Crippen MR) is 78.9 cm³/mol. The lowest BCUT2D eigenvalue weighted by molar-refractivity contribution is -0.121. The summed E-state index contributed by atoms with van der Waals surface area (Å²) in [5.74, 6) is -0.392. The van der Waals surface area contributed by atoms with Gasteiger partial charge >= 0.3 is 0 Å². The van der Waals surface area contributed by atoms with Crippen molar-refractivity contribution in [3.05, 3.63) is 28.5 Å². The molecule has 0 aliphatic heterocycles. The molecule has 0 bridgehead atoms. The monoisotopic (exact) mass is 297 g/mol. The van der Waals surface area contributed by atoms with E-state index in [0.717, 1.165) is 12.1 Å². The molecule has 6 heteroatoms. The number of likely N-dealkylation sites (N-methyl/N-ethyl adjacent to an activating group) is 1. The number of pyridine rings is 1. The first-order valence-electron chi connectivity index (χ1n) is 6.68. The SMILES string of the molecule is CCCN(CC(=O)NC)C(=O)c1cc(Cl)nc(CC)c1. The Labute approximate surface area is 124 Å². The van der Waals surface area contributed by atoms with Crippen LogP contribution in [-0.2, 0) is 11.2 Å². The molecule has 20 heavy (non-hydrogen) atoms. The van der Waals surface area contributed by atoms with E-state index in [2.05, 4.69) is 10.3 Å². The topological polar surface area (TPSA) is 62.3 Å². The van der Waals surface area contributed by atoms with Gasteiger partial charge < -0.3 is 10.2 Å². The summed E-state index contributed by atoms with van der Waals surface area (Å²) in [6.07, 6.45) is 1.48. The molecule has 1 heterocycles. The number of carbonyl (C=O) groups excluding carboxylic acids is 2. The fraction of sp³-hybridized carbons (Fsp3) is 0.500. The van der Waals surface area contributed by atoms with Crippen LogP contribution in [0.15, 0.2) is 12.1 Å². The van der Waals surface area contributed by atoms with Crippen LogP contribution in [-0.4, -0.2) is 41.8 Å². The molecule has 0 fully saturated rings. The zero-order valence-electron chi connectivity index (χ0n) is 12.1. The molecule has 0 saturated heterocycles. The van der Waals surface area contributed by atoms with Crippen LogP contribution in [0.2, 0.25) is 5.15 Å². The molecule has 0 unspecified atom stereocenters. The van der Waals surface area contributed by atoms with Gasteiger partial charge in [0.2, 0.25) is 5.91 Å². The molecule has 110 valence electrons. The Balaban J connectivity index is 2.99. The maximum absolute atomic E-state index is 12.5. The molecule has 1 aromatic heterocycles. The second-order valence-corrected chi connectivity index (χ2v) is 4.81. The van der Waals surface area contributed by atoms with Crippen molar-refractivity contribution in [2.75, 3.05) is 20.1 Å². The molecule has 0 saturated carbocycles. The minimum Gasteiger partial charge on any atom is -0.358 e. The summed E-state index contributed by atoms with van der Waals surface area (Å²) < 4.78 is 0. The van der Waals surface area contributed by atoms with Crippen LogP contribution in [0.5, 0.6) is 0 Å². The second kappa shape index (κ2) is 7.85. The van der Waals surface area contributed by atoms with E-state index in [1.54, 1.807) is 13.1 Å². The normalized spacial score (nSPS) is 10.2. The zero-order chi connectivity index (χ0) is 15.1. The fourth-order valence-corrected chi connectivity index (χ4v) is 2.04. The summed E-state index contributed by atoms with van der Waals surface area (Å²) in [4.78, 5) is 29.6. The number of hydrogen-bond donors (Lipinski definition) is 1. The third-order valence-corrected chi connectivity index (χ3v) is 3.04. The Morgan fingerprint density at radius 1 is 1.35 bits per heavy atom. The van der Waals surface area contributed by atoms with Gasteiger partial charge in [-0.05, 0) is 25.0 Å². The first kappa shape index (κ1) is 16.4. The summed E-state index contributed by atoms with van der Waals surface area (Å²) in [7, 11) is 1.55. The van der Waals surface area contributed by atoms with E-state index < -0.39 is 0 Å². The fourth-order valence-electron chi connectivity index (χ4n) is 1.81. The van der Waals surface area contributed by atoms with Crippen molar-refractivity contribution in [3.63, 3.8) is 0 Å². The molecule has 2 amide bonds. The quantitative estimate of drug-likeness (QED) is 0.816. The van der Waals surface area contributed by atoms with E-state index in [-0.39, 0.29) is 18.4 Å². The lowest BCUT2D eigenvalue weighted by atomic mass is 10.1. The van der Waals surface area contributed by atoms with Gasteiger partial charge in [0, 0.05) is 24.8 Å². The first-order valence-corrected chi connectivity index (χ1v) is 7.05. The van der Waals surface area contributed by atoms with Gasteiger partial charge in [-0.2, -0.15) is 0 Å². The molecule has 0 radical (unpaired) electrons. The van der Waals surface area contributed by atoms with Crippen molar-refractivity contribution in [1.82, 2.24) is 15.2 Å². The van der Waals surface area contributed by atoms with Gasteiger partial charge in [-0.3, -0.25) is 9.59 Å². The van der Waals surface area contributed by atoms with Crippen LogP contribution in [0.25, 0.3) is 0 Å². The molecule has 0 spiro atoms. The Morgan fingerprint density at radius 2 is 2.05 bits per heavy atom. The Kier molecular flexibility index (Phi) is 6.45. The van der Waals surface area contributed by atoms with Crippen LogP contribution in [0.1, 0.15) is 36.3 Å². The highest BCUT2D eigenvalue weighted by Crippen LogP contribution is 2.14. The highest BCUT2D eigenvalue weighted by atomic mass is 35.5. The average Bonchev–Trinajstić information content (AvgIpc) is 2.45. The van der Waals surface area contributed by atoms with E-state index in [1.807, 2.05) is 13.8 Å². The molecule has 1 N–H and O–H groups in total. The predicted octanol–water partition coefficient (Wildman–Crippen LogP) is 1.90. The maximum Gasteiger partial charge on any atom is 0.254 e. The van der Waals surface area contributed by atoms with Crippen molar-refractivity contribution < 1.29 is 9.59 Å². The summed E-state index contributed by atoms with van der Waals surface area (Å²) in [6.45, 7) is 4.47. The largest absolute Gasteiger partial charge is 0.358 e. The number of amides is 2. The summed E-state index contributed by atoms with van der Waals surface area (Å²) in [5, 5.41) is 2.82. The van der Waals surface area contributed by atoms with Gasteiger partial charge in [-0.1, -0.05) is 25.4 Å². The van der Waals surface area contributed by atoms with Gasteiger partial charge in [0.25, 0.3) is 5.91 Å². The van der Waals surface area contributed by atoms with Crippen molar-refractivity contribution in [3.8, 4) is 0 Å². The highest BCUT2D eigenvalue weighted by Gasteiger charge is 2.18. The summed E-state index contributed by atoms with van der Waals surface area (Å²) >= 11 is 5.93. The summed E-state index contributed by atoms with van der Waals surface area (Å²) in [6, 6.07) is 3.26. The Hall–Kier alpha value is -1.62. The van der Waals surface area contributed by atoms with E-state index in [1.165, 1.54) is 11.0 Å². The Bertz CT molecular complexity index is 491. The molecule has 0 aliphatic carbocycles. The van der Waals surface area contributed by atoms with Crippen LogP contribution < -0.4 is 5.32 Å². The van der Waals surface area contributed by atoms with Gasteiger partial charge in [0.1, 0.15) is 5.15 Å². The minimum absolute atomic E-state index is 0.0462. The molecular weight excluding hydrogens is 278 g/mol. The van der Waals surface area contributed by atoms with Crippen molar-refractivity contribution >= 4 is 23.4 Å². The smallest absolute Gasteiger partial charge is 0.254 e. The van der Waals surface area contributed by atoms with E-state index >= 15 is 0 Å². The van der Waals surface area contributed by atoms with Crippen molar-refractivity contribution in [2.24, 2.45) is 0 Å². The number of aryl methyl sites for hydroxylation is 1. The molecular formula is C14H20ClN3O2. The number of rotatable bonds is 6. The molecule has 0 atom stereocenters. The van der Waals surface area contributed by atoms with Gasteiger partial charge in [-0.15, -0.1) is 0 Å².